The second-order valence-electron chi connectivity index (χ2n) is 0.514. The highest BCUT2D eigenvalue weighted by molar-refractivity contribution is 9.18. The van der Waals surface area contributed by atoms with Gasteiger partial charge in [-0.15, -0.1) is 5.10 Å². The number of nitrogens with zero attached hydrogens (tertiary/aromatic N) is 1. The van der Waals surface area contributed by atoms with Crippen molar-refractivity contribution in [3.63, 3.8) is 0 Å². The minimum atomic E-state index is 0.854. The lowest BCUT2D eigenvalue weighted by molar-refractivity contribution is 1.26. The third-order valence-electron chi connectivity index (χ3n) is 0.196. The molecule has 2 nitrogen and oxygen atoms in total. The van der Waals surface area contributed by atoms with Crippen LogP contribution in [0.5, 0.6) is 0 Å². The minimum absolute atomic E-state index is 0.854. The number of hydrogen-bond acceptors (Lipinski definition) is 2. The average molecular weight is 121 g/mol. The van der Waals surface area contributed by atoms with Crippen LogP contribution in [0.15, 0.2) is 5.10 Å². The van der Waals surface area contributed by atoms with Gasteiger partial charge in [0, 0.05) is 0 Å². The van der Waals surface area contributed by atoms with E-state index in [1.54, 1.807) is 0 Å². The molecule has 0 bridgehead atoms. The third kappa shape index (κ3) is 0.202. The number of rotatable bonds is 0. The van der Waals surface area contributed by atoms with Gasteiger partial charge in [-0.2, -0.15) is 0 Å². The monoisotopic (exact) mass is 120 g/mol. The van der Waals surface area contributed by atoms with E-state index in [1.165, 1.54) is 0 Å². The van der Waals surface area contributed by atoms with Gasteiger partial charge in [0.2, 0.25) is 4.74 Å². The smallest absolute Gasteiger partial charge is 0.210 e. The molecule has 0 spiro atoms. The largest absolute Gasteiger partial charge is 0.251 e. The van der Waals surface area contributed by atoms with E-state index in [1.807, 2.05) is 0 Å². The van der Waals surface area contributed by atoms with Gasteiger partial charge in [-0.25, -0.2) is 0 Å². The van der Waals surface area contributed by atoms with Crippen molar-refractivity contribution in [1.29, 1.82) is 0 Å². The molecule has 0 saturated heterocycles. The Bertz CT molecular complexity index is 57.1. The van der Waals surface area contributed by atoms with E-state index in [2.05, 4.69) is 26.5 Å². The van der Waals surface area contributed by atoms with Crippen molar-refractivity contribution < 1.29 is 0 Å². The van der Waals surface area contributed by atoms with Gasteiger partial charge in [0.1, 0.15) is 0 Å². The molecule has 0 radical (unpaired) electrons. The molecule has 1 heterocycles. The van der Waals surface area contributed by atoms with Gasteiger partial charge >= 0.3 is 0 Å². The van der Waals surface area contributed by atoms with Crippen LogP contribution in [-0.2, 0) is 0 Å². The van der Waals surface area contributed by atoms with Gasteiger partial charge in [0.05, 0.1) is 0 Å². The van der Waals surface area contributed by atoms with Crippen molar-refractivity contribution in [2.24, 2.45) is 5.10 Å². The zero-order chi connectivity index (χ0) is 2.99. The molecule has 0 aromatic heterocycles. The standard InChI is InChI=1S/CHBrN2/c2-1-3-4-1/h(H,3,4). The molecule has 3 heteroatoms. The molecular formula is CHBrN2. The van der Waals surface area contributed by atoms with E-state index in [4.69, 9.17) is 0 Å². The van der Waals surface area contributed by atoms with Crippen LogP contribution in [-0.4, -0.2) is 4.74 Å². The first-order valence-corrected chi connectivity index (χ1v) is 1.68. The van der Waals surface area contributed by atoms with Crippen LogP contribution in [0.3, 0.4) is 0 Å². The zero-order valence-electron chi connectivity index (χ0n) is 1.83. The predicted molar refractivity (Wildman–Crippen MR) is 19.5 cm³/mol. The zero-order valence-corrected chi connectivity index (χ0v) is 3.41. The summed E-state index contributed by atoms with van der Waals surface area (Å²) in [6, 6.07) is 0. The molecule has 1 aliphatic heterocycles. The van der Waals surface area contributed by atoms with E-state index in [0.29, 0.717) is 0 Å². The molecule has 1 N–H and O–H groups in total. The van der Waals surface area contributed by atoms with E-state index < -0.39 is 0 Å². The van der Waals surface area contributed by atoms with Gasteiger partial charge in [-0.05, 0) is 15.9 Å². The van der Waals surface area contributed by atoms with Gasteiger partial charge in [-0.3, -0.25) is 5.43 Å². The molecule has 0 atom stereocenters. The Morgan fingerprint density at radius 2 is 2.25 bits per heavy atom. The fourth-order valence-electron chi connectivity index (χ4n) is 0.0211. The Hall–Kier alpha value is -0.0500. The van der Waals surface area contributed by atoms with Crippen LogP contribution < -0.4 is 5.43 Å². The van der Waals surface area contributed by atoms with Gasteiger partial charge < -0.3 is 0 Å². The highest BCUT2D eigenvalue weighted by Crippen LogP contribution is 1.92. The maximum Gasteiger partial charge on any atom is 0.210 e. The highest BCUT2D eigenvalue weighted by Gasteiger charge is 1.97. The molecule has 4 heavy (non-hydrogen) atoms. The molecule has 22 valence electrons. The molecular weight excluding hydrogens is 120 g/mol. The molecule has 0 unspecified atom stereocenters. The topological polar surface area (TPSA) is 34.3 Å². The summed E-state index contributed by atoms with van der Waals surface area (Å²) in [5.41, 5.74) is 2.56. The quantitative estimate of drug-likeness (QED) is 0.458. The van der Waals surface area contributed by atoms with E-state index in [-0.39, 0.29) is 0 Å². The summed E-state index contributed by atoms with van der Waals surface area (Å²) in [6.45, 7) is 0. The number of halogens is 1. The van der Waals surface area contributed by atoms with E-state index in [9.17, 15) is 0 Å². The molecule has 0 saturated carbocycles. The predicted octanol–water partition coefficient (Wildman–Crippen LogP) is 0.256. The van der Waals surface area contributed by atoms with Crippen molar-refractivity contribution >= 4 is 20.7 Å². The van der Waals surface area contributed by atoms with Crippen LogP contribution >= 0.6 is 15.9 Å². The summed E-state index contributed by atoms with van der Waals surface area (Å²) in [4.78, 5) is 0. The minimum Gasteiger partial charge on any atom is -0.251 e. The lowest BCUT2D eigenvalue weighted by Gasteiger charge is -1.41. The summed E-state index contributed by atoms with van der Waals surface area (Å²) >= 11 is 3.02. The lowest BCUT2D eigenvalue weighted by atomic mass is 11.5. The summed E-state index contributed by atoms with van der Waals surface area (Å²) in [5.74, 6) is 0. The van der Waals surface area contributed by atoms with Crippen molar-refractivity contribution in [2.75, 3.05) is 0 Å². The van der Waals surface area contributed by atoms with Crippen LogP contribution in [0.1, 0.15) is 0 Å². The summed E-state index contributed by atoms with van der Waals surface area (Å²) in [7, 11) is 0. The molecule has 0 fully saturated rings. The van der Waals surface area contributed by atoms with Gasteiger partial charge in [-0.1, -0.05) is 0 Å². The Morgan fingerprint density at radius 3 is 2.25 bits per heavy atom. The maximum absolute atomic E-state index is 3.49. The fourth-order valence-corrected chi connectivity index (χ4v) is 0.110. The number of hydrazone groups is 1. The van der Waals surface area contributed by atoms with Gasteiger partial charge in [0.15, 0.2) is 0 Å². The Morgan fingerprint density at radius 1 is 2.00 bits per heavy atom. The van der Waals surface area contributed by atoms with Crippen LogP contribution in [0.25, 0.3) is 0 Å². The molecule has 0 amide bonds. The van der Waals surface area contributed by atoms with Crippen LogP contribution in [0.2, 0.25) is 0 Å². The van der Waals surface area contributed by atoms with E-state index >= 15 is 0 Å². The lowest BCUT2D eigenvalue weighted by Crippen LogP contribution is -1.73. The molecule has 1 rings (SSSR count). The normalized spacial score (nSPS) is 17.8. The second kappa shape index (κ2) is 0.458. The summed E-state index contributed by atoms with van der Waals surface area (Å²) < 4.78 is 0.854. The van der Waals surface area contributed by atoms with Crippen molar-refractivity contribution in [1.82, 2.24) is 5.43 Å². The Labute approximate surface area is 32.0 Å². The molecule has 0 aromatic rings. The number of hydrogen-bond donors (Lipinski definition) is 1. The maximum atomic E-state index is 3.49. The average Bonchev–Trinajstić information content (AvgIpc) is 1.75. The van der Waals surface area contributed by atoms with Gasteiger partial charge in [0.25, 0.3) is 0 Å². The number of amidine groups is 1. The molecule has 0 aliphatic carbocycles. The molecule has 0 aromatic carbocycles. The van der Waals surface area contributed by atoms with Crippen molar-refractivity contribution in [2.45, 2.75) is 0 Å². The molecule has 1 aliphatic rings. The summed E-state index contributed by atoms with van der Waals surface area (Å²) in [6.07, 6.45) is 0. The SMILES string of the molecule is BrC1=NN1. The number of nitrogens with one attached hydrogen (secondary N) is 1. The van der Waals surface area contributed by atoms with E-state index in [0.717, 1.165) is 4.74 Å². The Balaban J connectivity index is 2.54. The van der Waals surface area contributed by atoms with Crippen LogP contribution in [0, 0.1) is 0 Å². The summed E-state index contributed by atoms with van der Waals surface area (Å²) in [5, 5.41) is 3.49. The Kier molecular flexibility index (Phi) is 0.252. The first kappa shape index (κ1) is 2.20. The first-order chi connectivity index (χ1) is 1.89. The second-order valence-corrected chi connectivity index (χ2v) is 1.27. The van der Waals surface area contributed by atoms with Crippen molar-refractivity contribution in [3.05, 3.63) is 0 Å². The van der Waals surface area contributed by atoms with Crippen molar-refractivity contribution in [3.8, 4) is 0 Å². The van der Waals surface area contributed by atoms with Crippen LogP contribution in [0.4, 0.5) is 0 Å². The third-order valence-corrected chi connectivity index (χ3v) is 0.551. The highest BCUT2D eigenvalue weighted by atomic mass is 79.9. The first-order valence-electron chi connectivity index (χ1n) is 0.886. The fraction of sp³-hybridized carbons (Fsp3) is 0.